The molecule has 0 aromatic heterocycles. The van der Waals surface area contributed by atoms with Crippen molar-refractivity contribution in [3.05, 3.63) is 29.8 Å². The van der Waals surface area contributed by atoms with E-state index in [9.17, 15) is 0 Å². The van der Waals surface area contributed by atoms with Gasteiger partial charge >= 0.3 is 0 Å². The van der Waals surface area contributed by atoms with E-state index >= 15 is 0 Å². The van der Waals surface area contributed by atoms with E-state index in [4.69, 9.17) is 11.1 Å². The molecule has 0 saturated heterocycles. The van der Waals surface area contributed by atoms with Crippen LogP contribution in [0, 0.1) is 17.7 Å². The second kappa shape index (κ2) is 5.01. The normalized spacial score (nSPS) is 16.3. The smallest absolute Gasteiger partial charge is 0.0911 e. The van der Waals surface area contributed by atoms with Crippen LogP contribution in [-0.2, 0) is 0 Å². The van der Waals surface area contributed by atoms with Gasteiger partial charge in [-0.3, -0.25) is 5.41 Å². The average Bonchev–Trinajstić information content (AvgIpc) is 3.06. The lowest BCUT2D eigenvalue weighted by Gasteiger charge is -2.28. The molecule has 98 valence electrons. The van der Waals surface area contributed by atoms with Crippen LogP contribution in [0.25, 0.3) is 0 Å². The molecule has 1 aliphatic carbocycles. The standard InChI is InChI=1S/C15H23N3/c1-3-18(13-6-4-12(2)5-7-13)11-15(8-9-15)10-14(16)17/h4-7H,3,8-11H2,1-2H3,(H3,16,17). The summed E-state index contributed by atoms with van der Waals surface area (Å²) in [5.74, 6) is 0.326. The molecule has 1 aromatic carbocycles. The van der Waals surface area contributed by atoms with Gasteiger partial charge in [-0.2, -0.15) is 0 Å². The highest BCUT2D eigenvalue weighted by Gasteiger charge is 2.44. The highest BCUT2D eigenvalue weighted by molar-refractivity contribution is 5.78. The topological polar surface area (TPSA) is 53.1 Å². The van der Waals surface area contributed by atoms with Crippen molar-refractivity contribution < 1.29 is 0 Å². The first-order chi connectivity index (χ1) is 8.54. The van der Waals surface area contributed by atoms with E-state index in [-0.39, 0.29) is 5.41 Å². The molecule has 1 saturated carbocycles. The molecule has 2 rings (SSSR count). The largest absolute Gasteiger partial charge is 0.388 e. The third-order valence-electron chi connectivity index (χ3n) is 3.83. The number of benzene rings is 1. The van der Waals surface area contributed by atoms with Gasteiger partial charge in [-0.25, -0.2) is 0 Å². The SMILES string of the molecule is CCN(CC1(CC(=N)N)CC1)c1ccc(C)cc1. The second-order valence-corrected chi connectivity index (χ2v) is 5.55. The molecule has 0 spiro atoms. The summed E-state index contributed by atoms with van der Waals surface area (Å²) >= 11 is 0. The number of nitrogens with zero attached hydrogens (tertiary/aromatic N) is 1. The Bertz CT molecular complexity index is 418. The molecule has 0 bridgehead atoms. The number of aryl methyl sites for hydroxylation is 1. The maximum atomic E-state index is 7.48. The Labute approximate surface area is 109 Å². The monoisotopic (exact) mass is 245 g/mol. The zero-order valence-electron chi connectivity index (χ0n) is 11.4. The van der Waals surface area contributed by atoms with Crippen LogP contribution in [0.15, 0.2) is 24.3 Å². The molecule has 3 nitrogen and oxygen atoms in total. The number of amidine groups is 1. The van der Waals surface area contributed by atoms with Gasteiger partial charge in [-0.1, -0.05) is 17.7 Å². The molecule has 0 heterocycles. The van der Waals surface area contributed by atoms with E-state index in [2.05, 4.69) is 43.0 Å². The number of hydrogen-bond acceptors (Lipinski definition) is 2. The van der Waals surface area contributed by atoms with Gasteiger partial charge in [0.05, 0.1) is 5.84 Å². The zero-order valence-corrected chi connectivity index (χ0v) is 11.4. The molecule has 1 aromatic rings. The number of nitrogens with one attached hydrogen (secondary N) is 1. The van der Waals surface area contributed by atoms with Gasteiger partial charge in [0.15, 0.2) is 0 Å². The van der Waals surface area contributed by atoms with Crippen molar-refractivity contribution in [2.45, 2.75) is 33.1 Å². The number of nitrogens with two attached hydrogens (primary N) is 1. The molecule has 0 amide bonds. The number of hydrogen-bond donors (Lipinski definition) is 2. The summed E-state index contributed by atoms with van der Waals surface area (Å²) in [5, 5.41) is 7.48. The van der Waals surface area contributed by atoms with Crippen LogP contribution in [0.3, 0.4) is 0 Å². The summed E-state index contributed by atoms with van der Waals surface area (Å²) in [5.41, 5.74) is 8.40. The van der Waals surface area contributed by atoms with Crippen LogP contribution in [0.4, 0.5) is 5.69 Å². The van der Waals surface area contributed by atoms with E-state index in [0.29, 0.717) is 5.84 Å². The highest BCUT2D eigenvalue weighted by atomic mass is 15.1. The third-order valence-corrected chi connectivity index (χ3v) is 3.83. The molecular weight excluding hydrogens is 222 g/mol. The van der Waals surface area contributed by atoms with Crippen molar-refractivity contribution in [3.8, 4) is 0 Å². The minimum atomic E-state index is 0.271. The van der Waals surface area contributed by atoms with Gasteiger partial charge < -0.3 is 10.6 Å². The van der Waals surface area contributed by atoms with Crippen molar-refractivity contribution in [3.63, 3.8) is 0 Å². The Morgan fingerprint density at radius 2 is 1.94 bits per heavy atom. The highest BCUT2D eigenvalue weighted by Crippen LogP contribution is 2.49. The van der Waals surface area contributed by atoms with Crippen LogP contribution in [0.2, 0.25) is 0 Å². The van der Waals surface area contributed by atoms with Crippen LogP contribution in [-0.4, -0.2) is 18.9 Å². The summed E-state index contributed by atoms with van der Waals surface area (Å²) in [7, 11) is 0. The lowest BCUT2D eigenvalue weighted by Crippen LogP contribution is -2.32. The predicted octanol–water partition coefficient (Wildman–Crippen LogP) is 2.93. The van der Waals surface area contributed by atoms with Crippen LogP contribution in [0.5, 0.6) is 0 Å². The summed E-state index contributed by atoms with van der Waals surface area (Å²) in [6.07, 6.45) is 3.15. The van der Waals surface area contributed by atoms with E-state index in [1.807, 2.05) is 0 Å². The van der Waals surface area contributed by atoms with Crippen molar-refractivity contribution in [1.29, 1.82) is 5.41 Å². The number of rotatable bonds is 6. The van der Waals surface area contributed by atoms with Crippen LogP contribution >= 0.6 is 0 Å². The first kappa shape index (κ1) is 12.9. The van der Waals surface area contributed by atoms with Gasteiger partial charge in [-0.15, -0.1) is 0 Å². The number of anilines is 1. The van der Waals surface area contributed by atoms with E-state index < -0.39 is 0 Å². The van der Waals surface area contributed by atoms with E-state index in [0.717, 1.165) is 19.5 Å². The summed E-state index contributed by atoms with van der Waals surface area (Å²) in [4.78, 5) is 2.40. The van der Waals surface area contributed by atoms with Gasteiger partial charge in [0.25, 0.3) is 0 Å². The van der Waals surface area contributed by atoms with Crippen molar-refractivity contribution in [1.82, 2.24) is 0 Å². The Hall–Kier alpha value is -1.51. The maximum absolute atomic E-state index is 7.48. The summed E-state index contributed by atoms with van der Waals surface area (Å²) in [6, 6.07) is 8.68. The Morgan fingerprint density at radius 3 is 2.39 bits per heavy atom. The zero-order chi connectivity index (χ0) is 13.2. The second-order valence-electron chi connectivity index (χ2n) is 5.55. The quantitative estimate of drug-likeness (QED) is 0.598. The molecule has 0 radical (unpaired) electrons. The first-order valence-electron chi connectivity index (χ1n) is 6.69. The summed E-state index contributed by atoms with van der Waals surface area (Å²) in [6.45, 7) is 6.32. The lowest BCUT2D eigenvalue weighted by atomic mass is 10.0. The first-order valence-corrected chi connectivity index (χ1v) is 6.69. The van der Waals surface area contributed by atoms with Gasteiger partial charge in [0.2, 0.25) is 0 Å². The predicted molar refractivity (Wildman–Crippen MR) is 77.3 cm³/mol. The lowest BCUT2D eigenvalue weighted by molar-refractivity contribution is 0.518. The maximum Gasteiger partial charge on any atom is 0.0911 e. The fraction of sp³-hybridized carbons (Fsp3) is 0.533. The fourth-order valence-electron chi connectivity index (χ4n) is 2.52. The Morgan fingerprint density at radius 1 is 1.33 bits per heavy atom. The minimum absolute atomic E-state index is 0.271. The summed E-state index contributed by atoms with van der Waals surface area (Å²) < 4.78 is 0. The molecular formula is C15H23N3. The van der Waals surface area contributed by atoms with E-state index in [1.54, 1.807) is 0 Å². The molecule has 3 N–H and O–H groups in total. The Balaban J connectivity index is 2.06. The average molecular weight is 245 g/mol. The third kappa shape index (κ3) is 3.03. The molecule has 0 atom stereocenters. The van der Waals surface area contributed by atoms with Gasteiger partial charge in [0.1, 0.15) is 0 Å². The molecule has 3 heteroatoms. The molecule has 1 aliphatic rings. The fourth-order valence-corrected chi connectivity index (χ4v) is 2.52. The van der Waals surface area contributed by atoms with Crippen molar-refractivity contribution in [2.24, 2.45) is 11.1 Å². The molecule has 0 aliphatic heterocycles. The van der Waals surface area contributed by atoms with Crippen LogP contribution < -0.4 is 10.6 Å². The molecule has 18 heavy (non-hydrogen) atoms. The Kier molecular flexibility index (Phi) is 3.60. The van der Waals surface area contributed by atoms with Gasteiger partial charge in [-0.05, 0) is 44.2 Å². The van der Waals surface area contributed by atoms with Crippen LogP contribution in [0.1, 0.15) is 31.7 Å². The molecule has 0 unspecified atom stereocenters. The molecule has 1 fully saturated rings. The van der Waals surface area contributed by atoms with Crippen molar-refractivity contribution in [2.75, 3.05) is 18.0 Å². The van der Waals surface area contributed by atoms with E-state index in [1.165, 1.54) is 24.1 Å². The van der Waals surface area contributed by atoms with Gasteiger partial charge in [0, 0.05) is 25.2 Å². The minimum Gasteiger partial charge on any atom is -0.388 e. The van der Waals surface area contributed by atoms with Crippen molar-refractivity contribution >= 4 is 11.5 Å².